The molecule has 0 spiro atoms. The third-order valence-electron chi connectivity index (χ3n) is 4.93. The highest BCUT2D eigenvalue weighted by atomic mass is 16.5. The number of aromatic nitrogens is 2. The monoisotopic (exact) mass is 410 g/mol. The second kappa shape index (κ2) is 8.86. The fourth-order valence-electron chi connectivity index (χ4n) is 3.34. The van der Waals surface area contributed by atoms with Crippen LogP contribution in [0.25, 0.3) is 11.0 Å². The molecule has 158 valence electrons. The van der Waals surface area contributed by atoms with Crippen molar-refractivity contribution in [2.45, 2.75) is 27.3 Å². The van der Waals surface area contributed by atoms with Crippen molar-refractivity contribution < 1.29 is 19.0 Å². The van der Waals surface area contributed by atoms with Crippen LogP contribution in [0.3, 0.4) is 0 Å². The zero-order valence-corrected chi connectivity index (χ0v) is 18.1. The van der Waals surface area contributed by atoms with Gasteiger partial charge in [0.05, 0.1) is 38.1 Å². The maximum absolute atomic E-state index is 12.6. The van der Waals surface area contributed by atoms with Gasteiger partial charge in [-0.05, 0) is 51.1 Å². The van der Waals surface area contributed by atoms with E-state index < -0.39 is 0 Å². The summed E-state index contributed by atoms with van der Waals surface area (Å²) in [5.41, 5.74) is 6.21. The van der Waals surface area contributed by atoms with Crippen molar-refractivity contribution in [2.24, 2.45) is 5.10 Å². The van der Waals surface area contributed by atoms with E-state index in [1.807, 2.05) is 13.0 Å². The molecule has 2 aromatic carbocycles. The van der Waals surface area contributed by atoms with Crippen LogP contribution in [0, 0.1) is 6.92 Å². The van der Waals surface area contributed by atoms with Crippen LogP contribution in [0.2, 0.25) is 0 Å². The molecule has 0 unspecified atom stereocenters. The second-order valence-corrected chi connectivity index (χ2v) is 6.66. The van der Waals surface area contributed by atoms with Crippen molar-refractivity contribution in [1.82, 2.24) is 15.0 Å². The lowest BCUT2D eigenvalue weighted by Gasteiger charge is -2.14. The highest BCUT2D eigenvalue weighted by Gasteiger charge is 2.15. The van der Waals surface area contributed by atoms with Gasteiger partial charge >= 0.3 is 0 Å². The standard InChI is InChI=1S/C22H26N4O4/c1-7-26-14(3)23-17-10-15(8-9-18(17)26)22(27)25-24-13(2)16-11-19(28-4)21(30-6)20(12-16)29-5/h8-12H,7H2,1-6H3,(H,25,27). The van der Waals surface area contributed by atoms with Gasteiger partial charge in [0.1, 0.15) is 5.82 Å². The Kier molecular flexibility index (Phi) is 6.25. The van der Waals surface area contributed by atoms with Crippen molar-refractivity contribution in [1.29, 1.82) is 0 Å². The van der Waals surface area contributed by atoms with Gasteiger partial charge in [-0.25, -0.2) is 10.4 Å². The Morgan fingerprint density at radius 3 is 2.30 bits per heavy atom. The number of carbonyl (C=O) groups is 1. The first-order valence-electron chi connectivity index (χ1n) is 9.55. The van der Waals surface area contributed by atoms with Crippen LogP contribution in [0.1, 0.15) is 35.6 Å². The topological polar surface area (TPSA) is 87.0 Å². The summed E-state index contributed by atoms with van der Waals surface area (Å²) in [6, 6.07) is 9.00. The molecule has 0 aliphatic heterocycles. The van der Waals surface area contributed by atoms with Crippen LogP contribution in [0.15, 0.2) is 35.4 Å². The fourth-order valence-corrected chi connectivity index (χ4v) is 3.34. The van der Waals surface area contributed by atoms with E-state index in [-0.39, 0.29) is 5.91 Å². The number of ether oxygens (including phenoxy) is 3. The van der Waals surface area contributed by atoms with E-state index in [2.05, 4.69) is 27.0 Å². The quantitative estimate of drug-likeness (QED) is 0.475. The molecule has 0 fully saturated rings. The van der Waals surface area contributed by atoms with Crippen molar-refractivity contribution >= 4 is 22.7 Å². The van der Waals surface area contributed by atoms with Crippen molar-refractivity contribution in [2.75, 3.05) is 21.3 Å². The Balaban J connectivity index is 1.84. The minimum atomic E-state index is -0.313. The number of amides is 1. The molecule has 0 aliphatic carbocycles. The molecule has 30 heavy (non-hydrogen) atoms. The number of hydrogen-bond acceptors (Lipinski definition) is 6. The molecule has 0 radical (unpaired) electrons. The van der Waals surface area contributed by atoms with Crippen LogP contribution in [0.4, 0.5) is 0 Å². The molecule has 1 N–H and O–H groups in total. The van der Waals surface area contributed by atoms with Gasteiger partial charge in [0.2, 0.25) is 5.75 Å². The Labute approximate surface area is 175 Å². The molecule has 0 bridgehead atoms. The summed E-state index contributed by atoms with van der Waals surface area (Å²) < 4.78 is 18.2. The molecule has 8 nitrogen and oxygen atoms in total. The highest BCUT2D eigenvalue weighted by Crippen LogP contribution is 2.38. The number of hydrazone groups is 1. The van der Waals surface area contributed by atoms with Gasteiger partial charge in [-0.2, -0.15) is 5.10 Å². The molecule has 1 heterocycles. The van der Waals surface area contributed by atoms with Gasteiger partial charge in [0.25, 0.3) is 5.91 Å². The predicted octanol–water partition coefficient (Wildman–Crippen LogP) is 3.54. The zero-order chi connectivity index (χ0) is 21.8. The largest absolute Gasteiger partial charge is 0.493 e. The fraction of sp³-hybridized carbons (Fsp3) is 0.318. The van der Waals surface area contributed by atoms with Crippen LogP contribution in [-0.4, -0.2) is 42.5 Å². The van der Waals surface area contributed by atoms with E-state index in [9.17, 15) is 4.79 Å². The molecule has 0 atom stereocenters. The van der Waals surface area contributed by atoms with Crippen LogP contribution < -0.4 is 19.6 Å². The van der Waals surface area contributed by atoms with E-state index >= 15 is 0 Å². The first-order valence-corrected chi connectivity index (χ1v) is 9.55. The number of aryl methyl sites for hydroxylation is 2. The number of nitrogens with zero attached hydrogens (tertiary/aromatic N) is 3. The molecule has 0 aliphatic rings. The van der Waals surface area contributed by atoms with E-state index in [1.165, 1.54) is 0 Å². The summed E-state index contributed by atoms with van der Waals surface area (Å²) >= 11 is 0. The SMILES string of the molecule is CCn1c(C)nc2cc(C(=O)NN=C(C)c3cc(OC)c(OC)c(OC)c3)ccc21. The molecular formula is C22H26N4O4. The molecule has 3 rings (SSSR count). The minimum absolute atomic E-state index is 0.313. The number of fused-ring (bicyclic) bond motifs is 1. The van der Waals surface area contributed by atoms with Gasteiger partial charge in [-0.15, -0.1) is 0 Å². The highest BCUT2D eigenvalue weighted by molar-refractivity contribution is 6.02. The van der Waals surface area contributed by atoms with Crippen LogP contribution in [0.5, 0.6) is 17.2 Å². The summed E-state index contributed by atoms with van der Waals surface area (Å²) in [5, 5.41) is 4.24. The van der Waals surface area contributed by atoms with Gasteiger partial charge in [-0.1, -0.05) is 0 Å². The van der Waals surface area contributed by atoms with Crippen molar-refractivity contribution in [3.05, 3.63) is 47.3 Å². The molecule has 8 heteroatoms. The third kappa shape index (κ3) is 3.94. The van der Waals surface area contributed by atoms with Gasteiger partial charge < -0.3 is 18.8 Å². The molecule has 1 aromatic heterocycles. The molecule has 0 saturated heterocycles. The van der Waals surface area contributed by atoms with E-state index in [0.717, 1.165) is 29.0 Å². The Bertz CT molecular complexity index is 1090. The first-order chi connectivity index (χ1) is 14.4. The number of carbonyl (C=O) groups excluding carboxylic acids is 1. The molecular weight excluding hydrogens is 384 g/mol. The van der Waals surface area contributed by atoms with E-state index in [4.69, 9.17) is 14.2 Å². The molecule has 3 aromatic rings. The number of benzene rings is 2. The Morgan fingerprint density at radius 1 is 1.07 bits per heavy atom. The van der Waals surface area contributed by atoms with Crippen molar-refractivity contribution in [3.8, 4) is 17.2 Å². The number of rotatable bonds is 7. The lowest BCUT2D eigenvalue weighted by molar-refractivity contribution is 0.0955. The Hall–Kier alpha value is -3.55. The normalized spacial score (nSPS) is 11.5. The average molecular weight is 410 g/mol. The Morgan fingerprint density at radius 2 is 1.73 bits per heavy atom. The predicted molar refractivity (Wildman–Crippen MR) is 116 cm³/mol. The number of imidazole rings is 1. The zero-order valence-electron chi connectivity index (χ0n) is 18.1. The number of nitrogens with one attached hydrogen (secondary N) is 1. The summed E-state index contributed by atoms with van der Waals surface area (Å²) in [7, 11) is 4.64. The van der Waals surface area contributed by atoms with E-state index in [0.29, 0.717) is 28.5 Å². The van der Waals surface area contributed by atoms with Crippen LogP contribution in [-0.2, 0) is 6.54 Å². The lowest BCUT2D eigenvalue weighted by Crippen LogP contribution is -2.19. The minimum Gasteiger partial charge on any atom is -0.493 e. The van der Waals surface area contributed by atoms with Gasteiger partial charge in [-0.3, -0.25) is 4.79 Å². The maximum atomic E-state index is 12.6. The average Bonchev–Trinajstić information content (AvgIpc) is 3.09. The van der Waals surface area contributed by atoms with Crippen molar-refractivity contribution in [3.63, 3.8) is 0 Å². The lowest BCUT2D eigenvalue weighted by atomic mass is 10.1. The third-order valence-corrected chi connectivity index (χ3v) is 4.93. The second-order valence-electron chi connectivity index (χ2n) is 6.66. The maximum Gasteiger partial charge on any atom is 0.271 e. The van der Waals surface area contributed by atoms with E-state index in [1.54, 1.807) is 52.5 Å². The smallest absolute Gasteiger partial charge is 0.271 e. The molecule has 1 amide bonds. The summed E-state index contributed by atoms with van der Waals surface area (Å²) in [6.07, 6.45) is 0. The van der Waals surface area contributed by atoms with Crippen LogP contribution >= 0.6 is 0 Å². The summed E-state index contributed by atoms with van der Waals surface area (Å²) in [6.45, 7) is 6.63. The summed E-state index contributed by atoms with van der Waals surface area (Å²) in [4.78, 5) is 17.1. The molecule has 0 saturated carbocycles. The summed E-state index contributed by atoms with van der Waals surface area (Å²) in [5.74, 6) is 2.13. The first kappa shape index (κ1) is 21.2. The number of methoxy groups -OCH3 is 3. The van der Waals surface area contributed by atoms with Gasteiger partial charge in [0, 0.05) is 17.7 Å². The van der Waals surface area contributed by atoms with Gasteiger partial charge in [0.15, 0.2) is 11.5 Å². The number of hydrogen-bond donors (Lipinski definition) is 1.